The minimum absolute atomic E-state index is 0.0209. The zero-order chi connectivity index (χ0) is 22.3. The maximum absolute atomic E-state index is 13.4. The molecule has 10 heteroatoms. The molecule has 4 rings (SSSR count). The van der Waals surface area contributed by atoms with Crippen LogP contribution >= 0.6 is 11.3 Å². The van der Waals surface area contributed by atoms with Crippen molar-refractivity contribution in [2.24, 2.45) is 0 Å². The Balaban J connectivity index is 1.53. The molecule has 0 aliphatic carbocycles. The molecule has 0 saturated carbocycles. The summed E-state index contributed by atoms with van der Waals surface area (Å²) in [5, 5.41) is 0. The first kappa shape index (κ1) is 21.7. The number of thiazole rings is 1. The quantitative estimate of drug-likeness (QED) is 0.596. The van der Waals surface area contributed by atoms with E-state index in [0.29, 0.717) is 4.70 Å². The lowest BCUT2D eigenvalue weighted by Gasteiger charge is -2.34. The van der Waals surface area contributed by atoms with Gasteiger partial charge in [-0.05, 0) is 50.2 Å². The van der Waals surface area contributed by atoms with Crippen molar-refractivity contribution in [3.05, 3.63) is 63.5 Å². The summed E-state index contributed by atoms with van der Waals surface area (Å²) in [4.78, 5) is 26.3. The third-order valence-corrected chi connectivity index (χ3v) is 8.15. The smallest absolute Gasteiger partial charge is 0.308 e. The maximum atomic E-state index is 13.4. The second-order valence-electron chi connectivity index (χ2n) is 7.67. The summed E-state index contributed by atoms with van der Waals surface area (Å²) >= 11 is 1.03. The number of nitrogens with zero attached hydrogens (tertiary/aromatic N) is 3. The standard InChI is InChI=1S/C21H22FN3O4S2/c1-14(2)25-18-7-6-17(13-19(18)30-21(25)27)31(28,29)24-10-8-23(9-11-24)20(26)15-4-3-5-16(22)12-15/h3-7,12-14H,8-11H2,1-2H3. The SMILES string of the molecule is CC(C)n1c(=O)sc2cc(S(=O)(=O)N3CCN(C(=O)c4cccc(F)c4)CC3)ccc21. The van der Waals surface area contributed by atoms with E-state index in [0.717, 1.165) is 16.9 Å². The van der Waals surface area contributed by atoms with Gasteiger partial charge in [-0.15, -0.1) is 0 Å². The first-order chi connectivity index (χ1) is 14.7. The Hall–Kier alpha value is -2.56. The highest BCUT2D eigenvalue weighted by atomic mass is 32.2. The number of halogens is 1. The number of rotatable bonds is 4. The Morgan fingerprint density at radius 2 is 1.77 bits per heavy atom. The molecule has 1 fully saturated rings. The van der Waals surface area contributed by atoms with Crippen LogP contribution in [0.1, 0.15) is 30.2 Å². The first-order valence-corrected chi connectivity index (χ1v) is 12.1. The summed E-state index contributed by atoms with van der Waals surface area (Å²) < 4.78 is 43.3. The Labute approximate surface area is 183 Å². The van der Waals surface area contributed by atoms with Crippen LogP contribution in [0.5, 0.6) is 0 Å². The summed E-state index contributed by atoms with van der Waals surface area (Å²) in [6.45, 7) is 4.53. The fourth-order valence-corrected chi connectivity index (χ4v) is 6.33. The van der Waals surface area contributed by atoms with Gasteiger partial charge in [0.25, 0.3) is 5.91 Å². The number of carbonyl (C=O) groups excluding carboxylic acids is 1. The molecule has 0 atom stereocenters. The van der Waals surface area contributed by atoms with Crippen molar-refractivity contribution >= 4 is 37.5 Å². The van der Waals surface area contributed by atoms with Crippen LogP contribution in [0, 0.1) is 5.82 Å². The van der Waals surface area contributed by atoms with E-state index >= 15 is 0 Å². The number of carbonyl (C=O) groups is 1. The van der Waals surface area contributed by atoms with Gasteiger partial charge in [-0.1, -0.05) is 17.4 Å². The number of hydrogen-bond acceptors (Lipinski definition) is 5. The summed E-state index contributed by atoms with van der Waals surface area (Å²) in [7, 11) is -3.77. The molecular formula is C21H22FN3O4S2. The maximum Gasteiger partial charge on any atom is 0.308 e. The van der Waals surface area contributed by atoms with Crippen molar-refractivity contribution < 1.29 is 17.6 Å². The number of amides is 1. The van der Waals surface area contributed by atoms with E-state index in [9.17, 15) is 22.4 Å². The number of aromatic nitrogens is 1. The van der Waals surface area contributed by atoms with Crippen LogP contribution in [0.15, 0.2) is 52.2 Å². The van der Waals surface area contributed by atoms with Gasteiger partial charge in [-0.3, -0.25) is 14.2 Å². The average molecular weight is 464 g/mol. The van der Waals surface area contributed by atoms with Gasteiger partial charge in [-0.25, -0.2) is 12.8 Å². The van der Waals surface area contributed by atoms with Crippen molar-refractivity contribution in [2.45, 2.75) is 24.8 Å². The fraction of sp³-hybridized carbons (Fsp3) is 0.333. The molecule has 31 heavy (non-hydrogen) atoms. The van der Waals surface area contributed by atoms with Gasteiger partial charge in [0.2, 0.25) is 10.0 Å². The second kappa shape index (κ2) is 8.18. The van der Waals surface area contributed by atoms with Crippen LogP contribution in [0.3, 0.4) is 0 Å². The van der Waals surface area contributed by atoms with Gasteiger partial charge in [-0.2, -0.15) is 4.31 Å². The van der Waals surface area contributed by atoms with E-state index in [1.807, 2.05) is 13.8 Å². The largest absolute Gasteiger partial charge is 0.336 e. The van der Waals surface area contributed by atoms with E-state index in [4.69, 9.17) is 0 Å². The number of fused-ring (bicyclic) bond motifs is 1. The number of benzene rings is 2. The zero-order valence-corrected chi connectivity index (χ0v) is 18.7. The normalized spacial score (nSPS) is 15.7. The van der Waals surface area contributed by atoms with Crippen molar-refractivity contribution in [1.82, 2.24) is 13.8 Å². The number of hydrogen-bond donors (Lipinski definition) is 0. The van der Waals surface area contributed by atoms with Crippen LogP contribution in [-0.2, 0) is 10.0 Å². The molecule has 2 aromatic carbocycles. The van der Waals surface area contributed by atoms with Crippen molar-refractivity contribution in [3.63, 3.8) is 0 Å². The zero-order valence-electron chi connectivity index (χ0n) is 17.1. The Morgan fingerprint density at radius 3 is 2.42 bits per heavy atom. The fourth-order valence-electron chi connectivity index (χ4n) is 3.75. The molecular weight excluding hydrogens is 441 g/mol. The molecule has 3 aromatic rings. The average Bonchev–Trinajstić information content (AvgIpc) is 3.08. The second-order valence-corrected chi connectivity index (χ2v) is 10.6. The predicted octanol–water partition coefficient (Wildman–Crippen LogP) is 2.93. The van der Waals surface area contributed by atoms with Crippen LogP contribution in [0.4, 0.5) is 4.39 Å². The summed E-state index contributed by atoms with van der Waals surface area (Å²) in [6.07, 6.45) is 0. The van der Waals surface area contributed by atoms with Gasteiger partial charge in [0, 0.05) is 37.8 Å². The summed E-state index contributed by atoms with van der Waals surface area (Å²) in [5.41, 5.74) is 0.959. The third-order valence-electron chi connectivity index (χ3n) is 5.34. The minimum Gasteiger partial charge on any atom is -0.336 e. The van der Waals surface area contributed by atoms with Crippen LogP contribution in [0.25, 0.3) is 10.2 Å². The van der Waals surface area contributed by atoms with Crippen molar-refractivity contribution in [2.75, 3.05) is 26.2 Å². The molecule has 0 unspecified atom stereocenters. The molecule has 1 aliphatic heterocycles. The van der Waals surface area contributed by atoms with Crippen LogP contribution in [0.2, 0.25) is 0 Å². The summed E-state index contributed by atoms with van der Waals surface area (Å²) in [6, 6.07) is 10.2. The molecule has 164 valence electrons. The lowest BCUT2D eigenvalue weighted by atomic mass is 10.2. The van der Waals surface area contributed by atoms with E-state index in [-0.39, 0.29) is 53.5 Å². The predicted molar refractivity (Wildman–Crippen MR) is 118 cm³/mol. The molecule has 7 nitrogen and oxygen atoms in total. The topological polar surface area (TPSA) is 79.7 Å². The minimum atomic E-state index is -3.77. The van der Waals surface area contributed by atoms with Gasteiger partial charge in [0.15, 0.2) is 0 Å². The number of sulfonamides is 1. The molecule has 0 radical (unpaired) electrons. The lowest BCUT2D eigenvalue weighted by Crippen LogP contribution is -2.50. The molecule has 0 bridgehead atoms. The first-order valence-electron chi connectivity index (χ1n) is 9.88. The van der Waals surface area contributed by atoms with Crippen LogP contribution < -0.4 is 4.87 Å². The highest BCUT2D eigenvalue weighted by molar-refractivity contribution is 7.89. The van der Waals surface area contributed by atoms with Gasteiger partial charge in [0.05, 0.1) is 15.1 Å². The lowest BCUT2D eigenvalue weighted by molar-refractivity contribution is 0.0697. The summed E-state index contributed by atoms with van der Waals surface area (Å²) in [5.74, 6) is -0.811. The van der Waals surface area contributed by atoms with Gasteiger partial charge in [0.1, 0.15) is 5.82 Å². The van der Waals surface area contributed by atoms with Gasteiger partial charge < -0.3 is 4.90 Å². The van der Waals surface area contributed by atoms with E-state index in [2.05, 4.69) is 0 Å². The van der Waals surface area contributed by atoms with E-state index in [1.54, 1.807) is 22.8 Å². The number of piperazine rings is 1. The molecule has 1 aliphatic rings. The third kappa shape index (κ3) is 4.02. The Morgan fingerprint density at radius 1 is 1.06 bits per heavy atom. The highest BCUT2D eigenvalue weighted by Gasteiger charge is 2.31. The Bertz CT molecular complexity index is 1310. The van der Waals surface area contributed by atoms with E-state index in [1.165, 1.54) is 33.5 Å². The van der Waals surface area contributed by atoms with Crippen molar-refractivity contribution in [1.29, 1.82) is 0 Å². The van der Waals surface area contributed by atoms with Gasteiger partial charge >= 0.3 is 4.87 Å². The Kier molecular flexibility index (Phi) is 5.71. The van der Waals surface area contributed by atoms with Crippen molar-refractivity contribution in [3.8, 4) is 0 Å². The molecule has 1 saturated heterocycles. The molecule has 2 heterocycles. The van der Waals surface area contributed by atoms with Crippen LogP contribution in [-0.4, -0.2) is 54.3 Å². The monoisotopic (exact) mass is 463 g/mol. The highest BCUT2D eigenvalue weighted by Crippen LogP contribution is 2.26. The molecule has 0 N–H and O–H groups in total. The van der Waals surface area contributed by atoms with E-state index < -0.39 is 15.8 Å². The molecule has 1 aromatic heterocycles. The molecule has 0 spiro atoms. The molecule has 1 amide bonds.